The zero-order valence-corrected chi connectivity index (χ0v) is 16.7. The molecule has 6 nitrogen and oxygen atoms in total. The molecule has 0 aromatic heterocycles. The lowest BCUT2D eigenvalue weighted by Crippen LogP contribution is -2.58. The van der Waals surface area contributed by atoms with Gasteiger partial charge in [0.2, 0.25) is 0 Å². The first-order valence-corrected chi connectivity index (χ1v) is 9.91. The van der Waals surface area contributed by atoms with Crippen LogP contribution in [0.25, 0.3) is 0 Å². The van der Waals surface area contributed by atoms with Gasteiger partial charge in [0.15, 0.2) is 0 Å². The molecule has 0 saturated heterocycles. The number of amides is 1. The smallest absolute Gasteiger partial charge is 0.440 e. The Labute approximate surface area is 178 Å². The van der Waals surface area contributed by atoms with Crippen LogP contribution in [0, 0.1) is 17.6 Å². The van der Waals surface area contributed by atoms with Crippen molar-refractivity contribution >= 4 is 29.2 Å². The quantitative estimate of drug-likeness (QED) is 0.394. The van der Waals surface area contributed by atoms with Gasteiger partial charge in [0.1, 0.15) is 18.2 Å². The topological polar surface area (TPSA) is 77.0 Å². The maximum atomic E-state index is 13.8. The Hall–Kier alpha value is -2.43. The third-order valence-corrected chi connectivity index (χ3v) is 5.33. The summed E-state index contributed by atoms with van der Waals surface area (Å²) in [5, 5.41) is 5.56. The number of alkyl halides is 4. The largest absolute Gasteiger partial charge is 0.464 e. The lowest BCUT2D eigenvalue weighted by Gasteiger charge is -2.29. The molecule has 1 amide bonds. The van der Waals surface area contributed by atoms with Crippen molar-refractivity contribution in [3.8, 4) is 0 Å². The molecule has 1 aromatic rings. The van der Waals surface area contributed by atoms with Crippen LogP contribution in [0.1, 0.15) is 31.2 Å². The zero-order chi connectivity index (χ0) is 22.8. The first-order chi connectivity index (χ1) is 14.6. The van der Waals surface area contributed by atoms with Gasteiger partial charge >= 0.3 is 17.7 Å². The molecule has 3 atom stereocenters. The Balaban J connectivity index is 1.71. The molecule has 31 heavy (non-hydrogen) atoms. The molecule has 12 heteroatoms. The van der Waals surface area contributed by atoms with Crippen LogP contribution in [0.5, 0.6) is 0 Å². The lowest BCUT2D eigenvalue weighted by molar-refractivity contribution is -0.259. The number of nitrogens with zero attached hydrogens (tertiary/aromatic N) is 1. The molecule has 1 heterocycles. The van der Waals surface area contributed by atoms with E-state index in [-0.39, 0.29) is 30.9 Å². The molecule has 0 bridgehead atoms. The molecule has 3 rings (SSSR count). The molecule has 0 unspecified atom stereocenters. The van der Waals surface area contributed by atoms with Gasteiger partial charge in [-0.05, 0) is 31.4 Å². The fourth-order valence-corrected chi connectivity index (χ4v) is 3.67. The first kappa shape index (κ1) is 23.2. The highest BCUT2D eigenvalue weighted by molar-refractivity contribution is 6.18. The fourth-order valence-electron chi connectivity index (χ4n) is 3.60. The number of nitrogens with one attached hydrogen (secondary N) is 1. The minimum Gasteiger partial charge on any atom is -0.464 e. The normalized spacial score (nSPS) is 25.7. The van der Waals surface area contributed by atoms with Gasteiger partial charge in [-0.2, -0.15) is 13.2 Å². The van der Waals surface area contributed by atoms with Gasteiger partial charge in [-0.15, -0.1) is 11.6 Å². The van der Waals surface area contributed by atoms with Crippen LogP contribution >= 0.6 is 11.6 Å². The summed E-state index contributed by atoms with van der Waals surface area (Å²) in [4.78, 5) is 29.1. The van der Waals surface area contributed by atoms with E-state index in [0.29, 0.717) is 12.5 Å². The van der Waals surface area contributed by atoms with Gasteiger partial charge in [-0.25, -0.2) is 8.78 Å². The summed E-state index contributed by atoms with van der Waals surface area (Å²) in [5.41, 5.74) is -4.03. The Morgan fingerprint density at radius 1 is 1.23 bits per heavy atom. The molecule has 170 valence electrons. The molecule has 1 fully saturated rings. The molecular formula is C19H18ClF5N2O4. The van der Waals surface area contributed by atoms with E-state index >= 15 is 0 Å². The number of hydrogen-bond acceptors (Lipinski definition) is 5. The van der Waals surface area contributed by atoms with E-state index in [2.05, 4.69) is 15.3 Å². The number of ether oxygens (including phenoxy) is 1. The molecule has 1 aromatic carbocycles. The number of benzene rings is 1. The standard InChI is InChI=1S/C19H18ClF5N2O4/c20-3-4-30-16(28)10-1-2-14(7-10)26-17(29)18(19(23,24)25)9-15(27-31-18)11-5-12(21)8-13(22)6-11/h5-6,8,10,14H,1-4,7,9H2,(H,26,29)/t10-,14+,18-/m1/s1. The van der Waals surface area contributed by atoms with Crippen LogP contribution in [0.15, 0.2) is 23.4 Å². The summed E-state index contributed by atoms with van der Waals surface area (Å²) in [7, 11) is 0. The molecule has 1 aliphatic heterocycles. The van der Waals surface area contributed by atoms with Crippen molar-refractivity contribution in [3.63, 3.8) is 0 Å². The van der Waals surface area contributed by atoms with Crippen molar-refractivity contribution in [1.82, 2.24) is 5.32 Å². The molecule has 2 aliphatic rings. The van der Waals surface area contributed by atoms with E-state index < -0.39 is 59.4 Å². The fraction of sp³-hybridized carbons (Fsp3) is 0.526. The average molecular weight is 469 g/mol. The average Bonchev–Trinajstić information content (AvgIpc) is 3.33. The number of carbonyl (C=O) groups excluding carboxylic acids is 2. The van der Waals surface area contributed by atoms with Crippen LogP contribution in [0.4, 0.5) is 22.0 Å². The van der Waals surface area contributed by atoms with Crippen molar-refractivity contribution in [2.45, 2.75) is 43.5 Å². The highest BCUT2D eigenvalue weighted by Crippen LogP contribution is 2.42. The van der Waals surface area contributed by atoms with E-state index in [9.17, 15) is 31.5 Å². The second kappa shape index (κ2) is 8.97. The van der Waals surface area contributed by atoms with Crippen molar-refractivity contribution in [2.75, 3.05) is 12.5 Å². The number of carbonyl (C=O) groups is 2. The number of esters is 1. The van der Waals surface area contributed by atoms with Gasteiger partial charge in [0, 0.05) is 17.7 Å². The zero-order valence-electron chi connectivity index (χ0n) is 16.0. The van der Waals surface area contributed by atoms with Crippen molar-refractivity contribution < 1.29 is 41.1 Å². The maximum Gasteiger partial charge on any atom is 0.440 e. The molecule has 0 spiro atoms. The summed E-state index contributed by atoms with van der Waals surface area (Å²) in [6.45, 7) is 0.0136. The van der Waals surface area contributed by atoms with E-state index in [0.717, 1.165) is 12.1 Å². The van der Waals surface area contributed by atoms with Gasteiger partial charge in [-0.1, -0.05) is 5.16 Å². The van der Waals surface area contributed by atoms with Crippen molar-refractivity contribution in [1.29, 1.82) is 0 Å². The lowest BCUT2D eigenvalue weighted by atomic mass is 9.92. The van der Waals surface area contributed by atoms with E-state index in [1.54, 1.807) is 0 Å². The summed E-state index contributed by atoms with van der Waals surface area (Å²) in [6.07, 6.45) is -5.52. The minimum atomic E-state index is -5.16. The third kappa shape index (κ3) is 4.91. The molecule has 1 N–H and O–H groups in total. The van der Waals surface area contributed by atoms with Crippen molar-refractivity contribution in [2.24, 2.45) is 11.1 Å². The summed E-state index contributed by atoms with van der Waals surface area (Å²) in [6, 6.07) is 1.44. The number of halogens is 6. The predicted octanol–water partition coefficient (Wildman–Crippen LogP) is 3.46. The van der Waals surface area contributed by atoms with Crippen LogP contribution in [0.3, 0.4) is 0 Å². The van der Waals surface area contributed by atoms with Gasteiger partial charge < -0.3 is 14.9 Å². The summed E-state index contributed by atoms with van der Waals surface area (Å²) in [5.74, 6) is -4.49. The Morgan fingerprint density at radius 3 is 2.52 bits per heavy atom. The van der Waals surface area contributed by atoms with E-state index in [4.69, 9.17) is 16.3 Å². The molecular weight excluding hydrogens is 451 g/mol. The maximum absolute atomic E-state index is 13.8. The number of rotatable bonds is 6. The van der Waals surface area contributed by atoms with Crippen LogP contribution in [-0.4, -0.2) is 47.9 Å². The van der Waals surface area contributed by atoms with Gasteiger partial charge in [0.05, 0.1) is 23.9 Å². The van der Waals surface area contributed by atoms with Crippen molar-refractivity contribution in [3.05, 3.63) is 35.4 Å². The Morgan fingerprint density at radius 2 is 1.90 bits per heavy atom. The third-order valence-electron chi connectivity index (χ3n) is 5.17. The summed E-state index contributed by atoms with van der Waals surface area (Å²) >= 11 is 5.45. The Kier molecular flexibility index (Phi) is 6.73. The van der Waals surface area contributed by atoms with Crippen LogP contribution in [-0.2, 0) is 19.2 Å². The number of oxime groups is 1. The highest BCUT2D eigenvalue weighted by Gasteiger charge is 2.66. The molecule has 0 radical (unpaired) electrons. The van der Waals surface area contributed by atoms with Crippen LogP contribution < -0.4 is 5.32 Å². The van der Waals surface area contributed by atoms with Gasteiger partial charge in [-0.3, -0.25) is 9.59 Å². The van der Waals surface area contributed by atoms with E-state index in [1.165, 1.54) is 0 Å². The molecule has 1 saturated carbocycles. The monoisotopic (exact) mass is 468 g/mol. The number of hydrogen-bond donors (Lipinski definition) is 1. The SMILES string of the molecule is O=C(OCCCl)[C@@H]1CC[C@H](NC(=O)[C@@]2(C(F)(F)F)CC(c3cc(F)cc(F)c3)=NO2)C1. The second-order valence-electron chi connectivity index (χ2n) is 7.33. The van der Waals surface area contributed by atoms with Crippen LogP contribution in [0.2, 0.25) is 0 Å². The Bertz CT molecular complexity index is 874. The van der Waals surface area contributed by atoms with Gasteiger partial charge in [0.25, 0.3) is 5.91 Å². The highest BCUT2D eigenvalue weighted by atomic mass is 35.5. The first-order valence-electron chi connectivity index (χ1n) is 9.37. The second-order valence-corrected chi connectivity index (χ2v) is 7.70. The van der Waals surface area contributed by atoms with E-state index in [1.807, 2.05) is 0 Å². The minimum absolute atomic E-state index is 0.0136. The molecule has 1 aliphatic carbocycles. The summed E-state index contributed by atoms with van der Waals surface area (Å²) < 4.78 is 73.3. The predicted molar refractivity (Wildman–Crippen MR) is 98.3 cm³/mol.